The fourth-order valence-corrected chi connectivity index (χ4v) is 2.28. The van der Waals surface area contributed by atoms with E-state index in [4.69, 9.17) is 0 Å². The summed E-state index contributed by atoms with van der Waals surface area (Å²) >= 11 is 0. The van der Waals surface area contributed by atoms with Crippen molar-refractivity contribution >= 4 is 15.6 Å². The van der Waals surface area contributed by atoms with Gasteiger partial charge in [-0.1, -0.05) is 32.0 Å². The van der Waals surface area contributed by atoms with E-state index in [1.165, 1.54) is 6.92 Å². The van der Waals surface area contributed by atoms with Crippen LogP contribution < -0.4 is 0 Å². The molecule has 1 aromatic rings. The van der Waals surface area contributed by atoms with Gasteiger partial charge in [0.15, 0.2) is 15.6 Å². The molecule has 1 unspecified atom stereocenters. The van der Waals surface area contributed by atoms with Crippen LogP contribution in [0, 0.1) is 5.92 Å². The fraction of sp³-hybridized carbons (Fsp3) is 0.500. The van der Waals surface area contributed by atoms with Crippen molar-refractivity contribution in [2.45, 2.75) is 32.4 Å². The Kier molecular flexibility index (Phi) is 4.68. The summed E-state index contributed by atoms with van der Waals surface area (Å²) in [5.74, 6) is 0.172. The average Bonchev–Trinajstić information content (AvgIpc) is 2.25. The predicted octanol–water partition coefficient (Wildman–Crippen LogP) is 2.50. The molecule has 0 radical (unpaired) electrons. The summed E-state index contributed by atoms with van der Waals surface area (Å²) in [6.45, 7) is 5.65. The quantitative estimate of drug-likeness (QED) is 0.771. The molecule has 0 heterocycles. The van der Waals surface area contributed by atoms with Crippen LogP contribution in [-0.2, 0) is 16.3 Å². The van der Waals surface area contributed by atoms with Crippen LogP contribution in [-0.4, -0.2) is 25.7 Å². The van der Waals surface area contributed by atoms with Gasteiger partial charge in [0.05, 0.1) is 0 Å². The van der Waals surface area contributed by atoms with Gasteiger partial charge in [0.1, 0.15) is 5.25 Å². The van der Waals surface area contributed by atoms with Gasteiger partial charge in [-0.3, -0.25) is 4.79 Å². The van der Waals surface area contributed by atoms with Crippen LogP contribution in [0.3, 0.4) is 0 Å². The molecule has 0 saturated carbocycles. The molecule has 4 heteroatoms. The van der Waals surface area contributed by atoms with Crippen molar-refractivity contribution in [2.24, 2.45) is 5.92 Å². The lowest BCUT2D eigenvalue weighted by Crippen LogP contribution is -2.26. The largest absolute Gasteiger partial charge is 0.293 e. The minimum Gasteiger partial charge on any atom is -0.293 e. The van der Waals surface area contributed by atoms with Gasteiger partial charge < -0.3 is 0 Å². The first-order chi connectivity index (χ1) is 8.21. The van der Waals surface area contributed by atoms with Crippen molar-refractivity contribution in [3.63, 3.8) is 0 Å². The second-order valence-electron chi connectivity index (χ2n) is 5.13. The highest BCUT2D eigenvalue weighted by Gasteiger charge is 2.24. The number of carbonyl (C=O) groups is 1. The smallest absolute Gasteiger partial charge is 0.180 e. The third-order valence-electron chi connectivity index (χ3n) is 2.87. The van der Waals surface area contributed by atoms with Crippen molar-refractivity contribution in [3.8, 4) is 0 Å². The van der Waals surface area contributed by atoms with E-state index in [1.54, 1.807) is 18.2 Å². The molecular formula is C14H20O3S. The normalized spacial score (nSPS) is 13.6. The molecule has 100 valence electrons. The van der Waals surface area contributed by atoms with E-state index in [1.807, 2.05) is 6.07 Å². The molecule has 0 aromatic heterocycles. The number of carbonyl (C=O) groups excluding carboxylic acids is 1. The SMILES string of the molecule is CC(C)Cc1cccc(C(=O)C(C)S(C)(=O)=O)c1. The Bertz CT molecular complexity index is 530. The summed E-state index contributed by atoms with van der Waals surface area (Å²) in [6.07, 6.45) is 1.97. The Balaban J connectivity index is 3.00. The number of benzene rings is 1. The van der Waals surface area contributed by atoms with Crippen LogP contribution in [0.1, 0.15) is 36.7 Å². The van der Waals surface area contributed by atoms with Gasteiger partial charge in [0, 0.05) is 11.8 Å². The zero-order valence-electron chi connectivity index (χ0n) is 11.3. The topological polar surface area (TPSA) is 51.2 Å². The summed E-state index contributed by atoms with van der Waals surface area (Å²) in [7, 11) is -3.34. The summed E-state index contributed by atoms with van der Waals surface area (Å²) < 4.78 is 22.8. The molecular weight excluding hydrogens is 248 g/mol. The number of Topliss-reactive ketones (excluding diaryl/α,β-unsaturated/α-hetero) is 1. The van der Waals surface area contributed by atoms with Gasteiger partial charge in [0.25, 0.3) is 0 Å². The zero-order valence-corrected chi connectivity index (χ0v) is 12.1. The van der Waals surface area contributed by atoms with E-state index >= 15 is 0 Å². The van der Waals surface area contributed by atoms with Gasteiger partial charge in [-0.05, 0) is 30.9 Å². The van der Waals surface area contributed by atoms with Gasteiger partial charge in [-0.15, -0.1) is 0 Å². The van der Waals surface area contributed by atoms with Crippen molar-refractivity contribution in [3.05, 3.63) is 35.4 Å². The summed E-state index contributed by atoms with van der Waals surface area (Å²) in [5.41, 5.74) is 1.54. The molecule has 3 nitrogen and oxygen atoms in total. The Labute approximate surface area is 109 Å². The molecule has 0 amide bonds. The lowest BCUT2D eigenvalue weighted by atomic mass is 9.99. The van der Waals surface area contributed by atoms with Gasteiger partial charge in [-0.25, -0.2) is 8.42 Å². The average molecular weight is 268 g/mol. The van der Waals surface area contributed by atoms with Crippen LogP contribution in [0.4, 0.5) is 0 Å². The van der Waals surface area contributed by atoms with Crippen LogP contribution in [0.5, 0.6) is 0 Å². The molecule has 0 spiro atoms. The molecule has 1 rings (SSSR count). The van der Waals surface area contributed by atoms with Gasteiger partial charge in [0.2, 0.25) is 0 Å². The van der Waals surface area contributed by atoms with Gasteiger partial charge >= 0.3 is 0 Å². The first-order valence-corrected chi connectivity index (χ1v) is 7.99. The molecule has 0 aliphatic heterocycles. The summed E-state index contributed by atoms with van der Waals surface area (Å²) in [5, 5.41) is -0.980. The molecule has 1 atom stereocenters. The van der Waals surface area contributed by atoms with Crippen LogP contribution in [0.15, 0.2) is 24.3 Å². The molecule has 18 heavy (non-hydrogen) atoms. The Hall–Kier alpha value is -1.16. The summed E-state index contributed by atoms with van der Waals surface area (Å²) in [6, 6.07) is 7.24. The minimum absolute atomic E-state index is 0.330. The number of hydrogen-bond acceptors (Lipinski definition) is 3. The minimum atomic E-state index is -3.34. The monoisotopic (exact) mass is 268 g/mol. The standard InChI is InChI=1S/C14H20O3S/c1-10(2)8-12-6-5-7-13(9-12)14(15)11(3)18(4,16)17/h5-7,9-11H,8H2,1-4H3. The van der Waals surface area contributed by atoms with Crippen molar-refractivity contribution in [1.29, 1.82) is 0 Å². The number of hydrogen-bond donors (Lipinski definition) is 0. The van der Waals surface area contributed by atoms with E-state index in [-0.39, 0.29) is 5.78 Å². The van der Waals surface area contributed by atoms with Gasteiger partial charge in [-0.2, -0.15) is 0 Å². The van der Waals surface area contributed by atoms with E-state index in [9.17, 15) is 13.2 Å². The lowest BCUT2D eigenvalue weighted by molar-refractivity contribution is 0.0991. The van der Waals surface area contributed by atoms with Crippen LogP contribution >= 0.6 is 0 Å². The Morgan fingerprint density at radius 2 is 1.83 bits per heavy atom. The third kappa shape index (κ3) is 3.95. The second kappa shape index (κ2) is 5.65. The summed E-state index contributed by atoms with van der Waals surface area (Å²) in [4.78, 5) is 12.1. The molecule has 0 saturated heterocycles. The van der Waals surface area contributed by atoms with E-state index in [2.05, 4.69) is 13.8 Å². The fourth-order valence-electron chi connectivity index (χ4n) is 1.75. The molecule has 0 N–H and O–H groups in total. The maximum Gasteiger partial charge on any atom is 0.180 e. The van der Waals surface area contributed by atoms with E-state index in [0.717, 1.165) is 18.2 Å². The highest BCUT2D eigenvalue weighted by molar-refractivity contribution is 7.92. The molecule has 0 aliphatic carbocycles. The lowest BCUT2D eigenvalue weighted by Gasteiger charge is -2.10. The van der Waals surface area contributed by atoms with Crippen molar-refractivity contribution in [2.75, 3.05) is 6.26 Å². The second-order valence-corrected chi connectivity index (χ2v) is 7.50. The van der Waals surface area contributed by atoms with Crippen LogP contribution in [0.25, 0.3) is 0 Å². The molecule has 1 aromatic carbocycles. The van der Waals surface area contributed by atoms with E-state index in [0.29, 0.717) is 11.5 Å². The first-order valence-electron chi connectivity index (χ1n) is 6.04. The molecule has 0 bridgehead atoms. The maximum absolute atomic E-state index is 12.1. The number of ketones is 1. The number of rotatable bonds is 5. The Morgan fingerprint density at radius 1 is 1.22 bits per heavy atom. The van der Waals surface area contributed by atoms with Crippen LogP contribution in [0.2, 0.25) is 0 Å². The number of sulfone groups is 1. The predicted molar refractivity (Wildman–Crippen MR) is 73.6 cm³/mol. The van der Waals surface area contributed by atoms with Crippen molar-refractivity contribution < 1.29 is 13.2 Å². The highest BCUT2D eigenvalue weighted by atomic mass is 32.2. The first kappa shape index (κ1) is 14.9. The Morgan fingerprint density at radius 3 is 2.33 bits per heavy atom. The third-order valence-corrected chi connectivity index (χ3v) is 4.37. The van der Waals surface area contributed by atoms with E-state index < -0.39 is 15.1 Å². The molecule has 0 fully saturated rings. The van der Waals surface area contributed by atoms with Crippen molar-refractivity contribution in [1.82, 2.24) is 0 Å². The zero-order chi connectivity index (χ0) is 13.9. The highest BCUT2D eigenvalue weighted by Crippen LogP contribution is 2.14. The molecule has 0 aliphatic rings. The maximum atomic E-state index is 12.1.